The topological polar surface area (TPSA) is 102 Å². The van der Waals surface area contributed by atoms with Crippen molar-refractivity contribution in [1.29, 1.82) is 0 Å². The highest BCUT2D eigenvalue weighted by molar-refractivity contribution is 5.79. The second-order valence-electron chi connectivity index (χ2n) is 3.69. The summed E-state index contributed by atoms with van der Waals surface area (Å²) in [5, 5.41) is 13.2. The van der Waals surface area contributed by atoms with Crippen LogP contribution in [-0.4, -0.2) is 25.9 Å². The second-order valence-corrected chi connectivity index (χ2v) is 3.69. The van der Waals surface area contributed by atoms with Gasteiger partial charge in [-0.1, -0.05) is 0 Å². The third-order valence-corrected chi connectivity index (χ3v) is 2.51. The number of amides is 1. The van der Waals surface area contributed by atoms with Crippen molar-refractivity contribution < 1.29 is 4.79 Å². The van der Waals surface area contributed by atoms with E-state index in [0.717, 1.165) is 5.56 Å². The number of nitrogens with zero attached hydrogens (tertiary/aromatic N) is 3. The van der Waals surface area contributed by atoms with E-state index in [4.69, 9.17) is 5.73 Å². The van der Waals surface area contributed by atoms with Crippen molar-refractivity contribution in [3.63, 3.8) is 0 Å². The molecule has 0 fully saturated rings. The first kappa shape index (κ1) is 11.2. The molecule has 7 heteroatoms. The molecule has 90 valence electrons. The number of carbonyl (C=O) groups excluding carboxylic acids is 1. The smallest absolute Gasteiger partial charge is 0.244 e. The van der Waals surface area contributed by atoms with Gasteiger partial charge in [-0.05, 0) is 13.0 Å². The molecule has 1 atom stereocenters. The van der Waals surface area contributed by atoms with E-state index in [1.54, 1.807) is 36.3 Å². The van der Waals surface area contributed by atoms with E-state index in [-0.39, 0.29) is 11.9 Å². The molecule has 0 aliphatic rings. The van der Waals surface area contributed by atoms with Crippen LogP contribution < -0.4 is 11.1 Å². The number of anilines is 1. The lowest BCUT2D eigenvalue weighted by Gasteiger charge is -2.12. The highest BCUT2D eigenvalue weighted by Gasteiger charge is 2.14. The van der Waals surface area contributed by atoms with Gasteiger partial charge >= 0.3 is 0 Å². The molecule has 2 aromatic rings. The Balaban J connectivity index is 1.92. The summed E-state index contributed by atoms with van der Waals surface area (Å²) in [6, 6.07) is 1.43. The SMILES string of the molecule is CC(C(=O)NCc1cn[nH]c1N)n1cccn1. The highest BCUT2D eigenvalue weighted by atomic mass is 16.2. The van der Waals surface area contributed by atoms with E-state index in [9.17, 15) is 4.79 Å². The van der Waals surface area contributed by atoms with Crippen LogP contribution in [0.2, 0.25) is 0 Å². The summed E-state index contributed by atoms with van der Waals surface area (Å²) in [6.07, 6.45) is 4.97. The fourth-order valence-electron chi connectivity index (χ4n) is 1.42. The van der Waals surface area contributed by atoms with E-state index in [2.05, 4.69) is 20.6 Å². The molecule has 0 radical (unpaired) electrons. The zero-order chi connectivity index (χ0) is 12.3. The van der Waals surface area contributed by atoms with Gasteiger partial charge in [0.2, 0.25) is 5.91 Å². The molecule has 4 N–H and O–H groups in total. The predicted octanol–water partition coefficient (Wildman–Crippen LogP) is 0.0658. The van der Waals surface area contributed by atoms with Gasteiger partial charge < -0.3 is 11.1 Å². The van der Waals surface area contributed by atoms with E-state index < -0.39 is 0 Å². The van der Waals surface area contributed by atoms with Crippen molar-refractivity contribution in [2.24, 2.45) is 0 Å². The summed E-state index contributed by atoms with van der Waals surface area (Å²) < 4.78 is 1.59. The molecule has 0 aromatic carbocycles. The molecule has 2 heterocycles. The van der Waals surface area contributed by atoms with E-state index in [1.807, 2.05) is 0 Å². The van der Waals surface area contributed by atoms with E-state index in [0.29, 0.717) is 12.4 Å². The first-order chi connectivity index (χ1) is 8.18. The monoisotopic (exact) mass is 234 g/mol. The van der Waals surface area contributed by atoms with Crippen molar-refractivity contribution in [2.45, 2.75) is 19.5 Å². The van der Waals surface area contributed by atoms with Crippen LogP contribution in [0.15, 0.2) is 24.7 Å². The molecule has 0 spiro atoms. The number of nitrogen functional groups attached to an aromatic ring is 1. The normalized spacial score (nSPS) is 12.3. The molecule has 0 aliphatic heterocycles. The zero-order valence-corrected chi connectivity index (χ0v) is 9.42. The minimum Gasteiger partial charge on any atom is -0.384 e. The first-order valence-corrected chi connectivity index (χ1v) is 5.23. The van der Waals surface area contributed by atoms with Gasteiger partial charge in [-0.2, -0.15) is 10.2 Å². The average molecular weight is 234 g/mol. The van der Waals surface area contributed by atoms with Crippen LogP contribution in [0, 0.1) is 0 Å². The molecule has 0 saturated carbocycles. The predicted molar refractivity (Wildman–Crippen MR) is 61.8 cm³/mol. The number of rotatable bonds is 4. The minimum absolute atomic E-state index is 0.116. The van der Waals surface area contributed by atoms with Gasteiger partial charge in [0.25, 0.3) is 0 Å². The van der Waals surface area contributed by atoms with E-state index in [1.165, 1.54) is 0 Å². The largest absolute Gasteiger partial charge is 0.384 e. The first-order valence-electron chi connectivity index (χ1n) is 5.23. The van der Waals surface area contributed by atoms with Gasteiger partial charge in [0, 0.05) is 24.5 Å². The van der Waals surface area contributed by atoms with Crippen LogP contribution in [0.5, 0.6) is 0 Å². The molecule has 1 amide bonds. The number of H-pyrrole nitrogens is 1. The van der Waals surface area contributed by atoms with Crippen molar-refractivity contribution in [2.75, 3.05) is 5.73 Å². The number of aromatic nitrogens is 4. The molecule has 1 unspecified atom stereocenters. The summed E-state index contributed by atoms with van der Waals surface area (Å²) in [7, 11) is 0. The van der Waals surface area contributed by atoms with Crippen molar-refractivity contribution >= 4 is 11.7 Å². The second kappa shape index (κ2) is 4.69. The number of carbonyl (C=O) groups is 1. The van der Waals surface area contributed by atoms with Gasteiger partial charge in [0.1, 0.15) is 11.9 Å². The maximum absolute atomic E-state index is 11.8. The summed E-state index contributed by atoms with van der Waals surface area (Å²) in [5.74, 6) is 0.353. The molecule has 17 heavy (non-hydrogen) atoms. The molecular weight excluding hydrogens is 220 g/mol. The summed E-state index contributed by atoms with van der Waals surface area (Å²) in [5.41, 5.74) is 6.38. The number of aromatic amines is 1. The van der Waals surface area contributed by atoms with Gasteiger partial charge in [-0.3, -0.25) is 14.6 Å². The number of hydrogen-bond acceptors (Lipinski definition) is 4. The van der Waals surface area contributed by atoms with Gasteiger partial charge in [-0.15, -0.1) is 0 Å². The number of nitrogens with two attached hydrogens (primary N) is 1. The Bertz CT molecular complexity index is 489. The Morgan fingerprint density at radius 2 is 2.53 bits per heavy atom. The molecule has 2 aromatic heterocycles. The Kier molecular flexibility index (Phi) is 3.08. The van der Waals surface area contributed by atoms with Crippen LogP contribution in [0.25, 0.3) is 0 Å². The molecule has 0 aliphatic carbocycles. The standard InChI is InChI=1S/C10H14N6O/c1-7(16-4-2-3-14-16)10(17)12-5-8-6-13-15-9(8)11/h2-4,6-7H,5H2,1H3,(H,12,17)(H3,11,13,15). The molecule has 7 nitrogen and oxygen atoms in total. The summed E-state index contributed by atoms with van der Waals surface area (Å²) in [6.45, 7) is 2.13. The highest BCUT2D eigenvalue weighted by Crippen LogP contribution is 2.07. The van der Waals surface area contributed by atoms with Crippen molar-refractivity contribution in [3.8, 4) is 0 Å². The van der Waals surface area contributed by atoms with Gasteiger partial charge in [-0.25, -0.2) is 0 Å². The third-order valence-electron chi connectivity index (χ3n) is 2.51. The van der Waals surface area contributed by atoms with E-state index >= 15 is 0 Å². The zero-order valence-electron chi connectivity index (χ0n) is 9.42. The molecule has 0 bridgehead atoms. The Morgan fingerprint density at radius 1 is 1.71 bits per heavy atom. The van der Waals surface area contributed by atoms with Gasteiger partial charge in [0.05, 0.1) is 6.20 Å². The lowest BCUT2D eigenvalue weighted by atomic mass is 10.3. The van der Waals surface area contributed by atoms with Crippen molar-refractivity contribution in [3.05, 3.63) is 30.2 Å². The third kappa shape index (κ3) is 2.44. The molecule has 2 rings (SSSR count). The number of nitrogens with one attached hydrogen (secondary N) is 2. The molecular formula is C10H14N6O. The maximum atomic E-state index is 11.8. The number of hydrogen-bond donors (Lipinski definition) is 3. The summed E-state index contributed by atoms with van der Waals surface area (Å²) >= 11 is 0. The lowest BCUT2D eigenvalue weighted by molar-refractivity contribution is -0.124. The quantitative estimate of drug-likeness (QED) is 0.696. The van der Waals surface area contributed by atoms with Crippen LogP contribution in [0.4, 0.5) is 5.82 Å². The molecule has 0 saturated heterocycles. The average Bonchev–Trinajstić information content (AvgIpc) is 2.96. The Hall–Kier alpha value is -2.31. The maximum Gasteiger partial charge on any atom is 0.244 e. The van der Waals surface area contributed by atoms with Gasteiger partial charge in [0.15, 0.2) is 0 Å². The minimum atomic E-state index is -0.349. The fraction of sp³-hybridized carbons (Fsp3) is 0.300. The Labute approximate surface area is 98.0 Å². The van der Waals surface area contributed by atoms with Crippen LogP contribution in [0.3, 0.4) is 0 Å². The van der Waals surface area contributed by atoms with Crippen LogP contribution in [0.1, 0.15) is 18.5 Å². The Morgan fingerprint density at radius 3 is 3.12 bits per heavy atom. The summed E-state index contributed by atoms with van der Waals surface area (Å²) in [4.78, 5) is 11.8. The lowest BCUT2D eigenvalue weighted by Crippen LogP contribution is -2.30. The van der Waals surface area contributed by atoms with Crippen LogP contribution in [-0.2, 0) is 11.3 Å². The fourth-order valence-corrected chi connectivity index (χ4v) is 1.42. The van der Waals surface area contributed by atoms with Crippen molar-refractivity contribution in [1.82, 2.24) is 25.3 Å². The van der Waals surface area contributed by atoms with Crippen LogP contribution >= 0.6 is 0 Å².